The standard InChI is InChI=1S/C37H48N6O7S/c1-24(2)29-17-19-43(41-29)33-22-32(28-16-15-26(49-3)21-31(28)38-33)50-20-18-30-35(45)40-37(36(46)42-51(47,48)27-12-9-10-13-27)23-25(37)11-7-5-4-6-8-14-34(44)39-30/h7,11,15-17,19,21-22,24-25,27,30H,4-6,8-10,12-14,18,20,23H2,1-3H3,(H,39,44)(H,40,45)(H,42,46)/t25-,30+,37-/m1/s1. The highest BCUT2D eigenvalue weighted by Crippen LogP contribution is 2.45. The van der Waals surface area contributed by atoms with E-state index in [4.69, 9.17) is 14.5 Å². The molecule has 1 aliphatic heterocycles. The first-order chi connectivity index (χ1) is 24.5. The number of methoxy groups -OCH3 is 1. The van der Waals surface area contributed by atoms with Crippen molar-refractivity contribution in [1.29, 1.82) is 0 Å². The summed E-state index contributed by atoms with van der Waals surface area (Å²) >= 11 is 0. The van der Waals surface area contributed by atoms with Gasteiger partial charge in [-0.15, -0.1) is 0 Å². The summed E-state index contributed by atoms with van der Waals surface area (Å²) < 4.78 is 41.9. The van der Waals surface area contributed by atoms with Gasteiger partial charge in [-0.3, -0.25) is 19.1 Å². The molecule has 2 saturated carbocycles. The van der Waals surface area contributed by atoms with Crippen molar-refractivity contribution in [1.82, 2.24) is 30.1 Å². The number of hydrogen-bond acceptors (Lipinski definition) is 9. The number of carbonyl (C=O) groups is 3. The van der Waals surface area contributed by atoms with E-state index in [-0.39, 0.29) is 43.6 Å². The summed E-state index contributed by atoms with van der Waals surface area (Å²) in [4.78, 5) is 45.5. The highest BCUT2D eigenvalue weighted by molar-refractivity contribution is 7.90. The van der Waals surface area contributed by atoms with E-state index < -0.39 is 38.7 Å². The molecule has 0 bridgehead atoms. The van der Waals surface area contributed by atoms with E-state index >= 15 is 0 Å². The zero-order valence-electron chi connectivity index (χ0n) is 29.5. The van der Waals surface area contributed by atoms with Gasteiger partial charge in [-0.2, -0.15) is 5.10 Å². The maximum Gasteiger partial charge on any atom is 0.259 e. The van der Waals surface area contributed by atoms with E-state index in [2.05, 4.69) is 34.3 Å². The van der Waals surface area contributed by atoms with Crippen molar-refractivity contribution in [3.63, 3.8) is 0 Å². The molecule has 13 nitrogen and oxygen atoms in total. The molecular formula is C37H48N6O7S. The number of nitrogens with zero attached hydrogens (tertiary/aromatic N) is 3. The molecule has 3 aliphatic rings. The Hall–Kier alpha value is -4.46. The Labute approximate surface area is 299 Å². The van der Waals surface area contributed by atoms with Gasteiger partial charge in [0.25, 0.3) is 5.91 Å². The van der Waals surface area contributed by atoms with Gasteiger partial charge in [0.2, 0.25) is 21.8 Å². The average Bonchev–Trinajstić information content (AvgIpc) is 3.47. The Bertz CT molecular complexity index is 1900. The minimum absolute atomic E-state index is 0.0396. The van der Waals surface area contributed by atoms with E-state index in [1.54, 1.807) is 17.9 Å². The van der Waals surface area contributed by atoms with Crippen LogP contribution in [-0.2, 0) is 24.4 Å². The summed E-state index contributed by atoms with van der Waals surface area (Å²) in [5.74, 6) is -0.0569. The van der Waals surface area contributed by atoms with Crippen molar-refractivity contribution in [2.24, 2.45) is 5.92 Å². The van der Waals surface area contributed by atoms with Gasteiger partial charge in [0, 0.05) is 42.5 Å². The molecule has 6 rings (SSSR count). The molecular weight excluding hydrogens is 673 g/mol. The minimum Gasteiger partial charge on any atom is -0.497 e. The van der Waals surface area contributed by atoms with Crippen LogP contribution in [0.15, 0.2) is 48.7 Å². The second-order valence-electron chi connectivity index (χ2n) is 14.1. The fourth-order valence-electron chi connectivity index (χ4n) is 6.90. The van der Waals surface area contributed by atoms with Crippen molar-refractivity contribution in [3.05, 3.63) is 54.4 Å². The molecule has 0 unspecified atom stereocenters. The topological polar surface area (TPSA) is 171 Å². The van der Waals surface area contributed by atoms with Crippen LogP contribution in [0.3, 0.4) is 0 Å². The molecule has 3 aromatic rings. The van der Waals surface area contributed by atoms with Gasteiger partial charge in [0.05, 0.1) is 30.2 Å². The van der Waals surface area contributed by atoms with Gasteiger partial charge in [-0.05, 0) is 62.6 Å². The van der Waals surface area contributed by atoms with Gasteiger partial charge in [-0.25, -0.2) is 18.1 Å². The summed E-state index contributed by atoms with van der Waals surface area (Å²) in [5.41, 5.74) is 0.110. The molecule has 3 heterocycles. The number of aromatic nitrogens is 3. The molecule has 0 saturated heterocycles. The summed E-state index contributed by atoms with van der Waals surface area (Å²) in [6, 6.07) is 8.15. The second kappa shape index (κ2) is 15.4. The Morgan fingerprint density at radius 2 is 1.90 bits per heavy atom. The third kappa shape index (κ3) is 8.37. The Kier molecular flexibility index (Phi) is 11.0. The number of rotatable bonds is 10. The number of sulfonamides is 1. The monoisotopic (exact) mass is 720 g/mol. The van der Waals surface area contributed by atoms with Crippen LogP contribution >= 0.6 is 0 Å². The van der Waals surface area contributed by atoms with Gasteiger partial charge >= 0.3 is 0 Å². The third-order valence-corrected chi connectivity index (χ3v) is 11.9. The Morgan fingerprint density at radius 3 is 2.65 bits per heavy atom. The lowest BCUT2D eigenvalue weighted by Crippen LogP contribution is -2.57. The van der Waals surface area contributed by atoms with Gasteiger partial charge in [0.15, 0.2) is 5.82 Å². The van der Waals surface area contributed by atoms with Gasteiger partial charge in [0.1, 0.15) is 23.1 Å². The quantitative estimate of drug-likeness (QED) is 0.254. The highest BCUT2D eigenvalue weighted by Gasteiger charge is 2.61. The molecule has 0 radical (unpaired) electrons. The average molecular weight is 721 g/mol. The summed E-state index contributed by atoms with van der Waals surface area (Å²) in [6.07, 6.45) is 12.1. The molecule has 14 heteroatoms. The first kappa shape index (κ1) is 36.3. The number of benzene rings is 1. The molecule has 2 aliphatic carbocycles. The lowest BCUT2D eigenvalue weighted by atomic mass is 10.1. The molecule has 2 aromatic heterocycles. The molecule has 2 fully saturated rings. The van der Waals surface area contributed by atoms with Crippen molar-refractivity contribution < 1.29 is 32.3 Å². The van der Waals surface area contributed by atoms with E-state index in [0.717, 1.165) is 43.2 Å². The zero-order chi connectivity index (χ0) is 36.2. The van der Waals surface area contributed by atoms with Crippen LogP contribution in [-0.4, -0.2) is 71.5 Å². The van der Waals surface area contributed by atoms with Crippen LogP contribution in [0.2, 0.25) is 0 Å². The van der Waals surface area contributed by atoms with E-state index in [0.29, 0.717) is 42.1 Å². The fraction of sp³-hybridized carbons (Fsp3) is 0.541. The van der Waals surface area contributed by atoms with E-state index in [1.807, 2.05) is 42.6 Å². The van der Waals surface area contributed by atoms with Gasteiger partial charge < -0.3 is 20.1 Å². The SMILES string of the molecule is COc1ccc2c(OCC[C@@H]3NC(=O)CCCCCC=C[C@@H]4C[C@@]4(C(=O)NS(=O)(=O)C4CCCC4)NC3=O)cc(-n3ccc(C(C)C)n3)nc2c1. The second-order valence-corrected chi connectivity index (χ2v) is 16.1. The zero-order valence-corrected chi connectivity index (χ0v) is 30.3. The maximum atomic E-state index is 13.9. The highest BCUT2D eigenvalue weighted by atomic mass is 32.2. The number of pyridine rings is 1. The lowest BCUT2D eigenvalue weighted by Gasteiger charge is -2.24. The number of fused-ring (bicyclic) bond motifs is 2. The Morgan fingerprint density at radius 1 is 1.10 bits per heavy atom. The number of hydrogen-bond donors (Lipinski definition) is 3. The van der Waals surface area contributed by atoms with Crippen LogP contribution in [0.4, 0.5) is 0 Å². The third-order valence-electron chi connectivity index (χ3n) is 10.1. The van der Waals surface area contributed by atoms with E-state index in [1.165, 1.54) is 0 Å². The normalized spacial score (nSPS) is 23.3. The molecule has 0 spiro atoms. The van der Waals surface area contributed by atoms with Crippen molar-refractivity contribution >= 4 is 38.6 Å². The number of carbonyl (C=O) groups excluding carboxylic acids is 3. The first-order valence-corrected chi connectivity index (χ1v) is 19.6. The lowest BCUT2D eigenvalue weighted by molar-refractivity contribution is -0.132. The van der Waals surface area contributed by atoms with Crippen molar-refractivity contribution in [2.75, 3.05) is 13.7 Å². The van der Waals surface area contributed by atoms with Crippen LogP contribution in [0.25, 0.3) is 16.7 Å². The van der Waals surface area contributed by atoms with Gasteiger partial charge in [-0.1, -0.05) is 45.3 Å². The number of amides is 3. The molecule has 1 aromatic carbocycles. The molecule has 274 valence electrons. The molecule has 3 atom stereocenters. The number of nitrogens with one attached hydrogen (secondary N) is 3. The largest absolute Gasteiger partial charge is 0.497 e. The molecule has 3 N–H and O–H groups in total. The predicted octanol–water partition coefficient (Wildman–Crippen LogP) is 4.59. The summed E-state index contributed by atoms with van der Waals surface area (Å²) in [6.45, 7) is 4.16. The van der Waals surface area contributed by atoms with Crippen LogP contribution in [0.1, 0.15) is 96.1 Å². The maximum absolute atomic E-state index is 13.9. The van der Waals surface area contributed by atoms with Crippen LogP contribution < -0.4 is 24.8 Å². The minimum atomic E-state index is -3.90. The number of ether oxygens (including phenoxy) is 2. The molecule has 3 amide bonds. The smallest absolute Gasteiger partial charge is 0.259 e. The molecule has 51 heavy (non-hydrogen) atoms. The van der Waals surface area contributed by atoms with Crippen LogP contribution in [0.5, 0.6) is 11.5 Å². The fourth-order valence-corrected chi connectivity index (χ4v) is 8.46. The van der Waals surface area contributed by atoms with Crippen molar-refractivity contribution in [3.8, 4) is 17.3 Å². The van der Waals surface area contributed by atoms with E-state index in [9.17, 15) is 22.8 Å². The first-order valence-electron chi connectivity index (χ1n) is 18.0. The summed E-state index contributed by atoms with van der Waals surface area (Å²) in [5, 5.41) is 10.5. The summed E-state index contributed by atoms with van der Waals surface area (Å²) in [7, 11) is -2.32. The van der Waals surface area contributed by atoms with Crippen LogP contribution in [0, 0.1) is 5.92 Å². The predicted molar refractivity (Wildman–Crippen MR) is 192 cm³/mol. The van der Waals surface area contributed by atoms with Crippen molar-refractivity contribution in [2.45, 2.75) is 107 Å². The Balaban J connectivity index is 1.23. The number of allylic oxidation sites excluding steroid dienone is 1.